The van der Waals surface area contributed by atoms with Crippen LogP contribution in [0.5, 0.6) is 0 Å². The highest BCUT2D eigenvalue weighted by molar-refractivity contribution is 7.89. The van der Waals surface area contributed by atoms with Gasteiger partial charge in [-0.05, 0) is 41.7 Å². The highest BCUT2D eigenvalue weighted by Gasteiger charge is 2.17. The molecule has 0 aliphatic carbocycles. The molecule has 0 atom stereocenters. The lowest BCUT2D eigenvalue weighted by atomic mass is 10.0. The predicted molar refractivity (Wildman–Crippen MR) is 162 cm³/mol. The van der Waals surface area contributed by atoms with Crippen molar-refractivity contribution in [1.29, 1.82) is 0 Å². The molecule has 0 spiro atoms. The van der Waals surface area contributed by atoms with Gasteiger partial charge in [0.2, 0.25) is 15.9 Å². The fraction of sp³-hybridized carbons (Fsp3) is 0.300. The molecular weight excluding hydrogens is 528 g/mol. The summed E-state index contributed by atoms with van der Waals surface area (Å²) in [6, 6.07) is 21.7. The largest absolute Gasteiger partial charge is 0.383 e. The van der Waals surface area contributed by atoms with E-state index in [1.165, 1.54) is 6.07 Å². The van der Waals surface area contributed by atoms with Crippen molar-refractivity contribution in [2.75, 3.05) is 6.54 Å². The van der Waals surface area contributed by atoms with Gasteiger partial charge in [-0.2, -0.15) is 0 Å². The van der Waals surface area contributed by atoms with Crippen LogP contribution in [-0.4, -0.2) is 36.6 Å². The molecular formula is C30H36N4O3S2. The number of nitrogens with zero attached hydrogens (tertiary/aromatic N) is 2. The van der Waals surface area contributed by atoms with E-state index in [0.29, 0.717) is 41.5 Å². The van der Waals surface area contributed by atoms with Gasteiger partial charge < -0.3 is 10.6 Å². The zero-order valence-electron chi connectivity index (χ0n) is 22.5. The lowest BCUT2D eigenvalue weighted by Crippen LogP contribution is -2.33. The second-order valence-electron chi connectivity index (χ2n) is 9.38. The summed E-state index contributed by atoms with van der Waals surface area (Å²) >= 11 is 5.20. The molecule has 4 N–H and O–H groups in total. The molecule has 39 heavy (non-hydrogen) atoms. The molecule has 0 unspecified atom stereocenters. The van der Waals surface area contributed by atoms with E-state index in [1.807, 2.05) is 60.4 Å². The molecule has 0 fully saturated rings. The zero-order chi connectivity index (χ0) is 28.4. The second-order valence-corrected chi connectivity index (χ2v) is 11.4. The Kier molecular flexibility index (Phi) is 10.9. The highest BCUT2D eigenvalue weighted by Crippen LogP contribution is 2.27. The van der Waals surface area contributed by atoms with Crippen LogP contribution in [-0.2, 0) is 27.8 Å². The Hall–Kier alpha value is -3.40. The van der Waals surface area contributed by atoms with Gasteiger partial charge in [0.25, 0.3) is 0 Å². The monoisotopic (exact) mass is 564 g/mol. The highest BCUT2D eigenvalue weighted by atomic mass is 32.2. The van der Waals surface area contributed by atoms with Crippen LogP contribution in [0.4, 0.5) is 0 Å². The first-order valence-corrected chi connectivity index (χ1v) is 15.0. The van der Waals surface area contributed by atoms with E-state index in [4.69, 9.17) is 23.1 Å². The van der Waals surface area contributed by atoms with Crippen LogP contribution in [0.25, 0.3) is 11.1 Å². The minimum Gasteiger partial charge on any atom is -0.383 e. The fourth-order valence-corrected chi connectivity index (χ4v) is 5.07. The average Bonchev–Trinajstić information content (AvgIpc) is 2.92. The Morgan fingerprint density at radius 1 is 0.949 bits per heavy atom. The maximum Gasteiger partial charge on any atom is 0.238 e. The Bertz CT molecular complexity index is 1430. The van der Waals surface area contributed by atoms with Gasteiger partial charge in [0.05, 0.1) is 11.3 Å². The van der Waals surface area contributed by atoms with E-state index < -0.39 is 10.0 Å². The molecule has 0 saturated heterocycles. The topological polar surface area (TPSA) is 119 Å². The van der Waals surface area contributed by atoms with Gasteiger partial charge in [-0.15, -0.1) is 0 Å². The fourth-order valence-electron chi connectivity index (χ4n) is 4.21. The van der Waals surface area contributed by atoms with Crippen molar-refractivity contribution in [3.8, 4) is 11.1 Å². The molecule has 0 aliphatic heterocycles. The normalized spacial score (nSPS) is 11.8. The number of hydrogen-bond acceptors (Lipinski definition) is 4. The third-order valence-corrected chi connectivity index (χ3v) is 7.69. The molecule has 9 heteroatoms. The first-order chi connectivity index (χ1) is 18.6. The number of amidine groups is 1. The number of nitrogens with two attached hydrogens (primary N) is 2. The Morgan fingerprint density at radius 3 is 2.33 bits per heavy atom. The van der Waals surface area contributed by atoms with Crippen LogP contribution in [0.1, 0.15) is 56.2 Å². The lowest BCUT2D eigenvalue weighted by Gasteiger charge is -2.23. The number of carbonyl (C=O) groups excluding carboxylic acids is 1. The third kappa shape index (κ3) is 8.81. The van der Waals surface area contributed by atoms with Crippen LogP contribution in [0.3, 0.4) is 0 Å². The molecule has 206 valence electrons. The van der Waals surface area contributed by atoms with Crippen LogP contribution < -0.4 is 10.9 Å². The van der Waals surface area contributed by atoms with Crippen molar-refractivity contribution in [3.63, 3.8) is 0 Å². The van der Waals surface area contributed by atoms with E-state index in [0.717, 1.165) is 36.0 Å². The number of amides is 1. The first kappa shape index (κ1) is 30.1. The summed E-state index contributed by atoms with van der Waals surface area (Å²) < 4.78 is 24.0. The minimum atomic E-state index is -3.86. The molecule has 7 nitrogen and oxygen atoms in total. The Balaban J connectivity index is 1.78. The van der Waals surface area contributed by atoms with Crippen molar-refractivity contribution < 1.29 is 13.2 Å². The van der Waals surface area contributed by atoms with E-state index in [-0.39, 0.29) is 17.2 Å². The number of rotatable bonds is 12. The van der Waals surface area contributed by atoms with Crippen molar-refractivity contribution in [2.24, 2.45) is 15.9 Å². The van der Waals surface area contributed by atoms with Crippen LogP contribution in [0.15, 0.2) is 82.7 Å². The van der Waals surface area contributed by atoms with Crippen LogP contribution in [0, 0.1) is 0 Å². The van der Waals surface area contributed by atoms with Crippen molar-refractivity contribution in [2.45, 2.75) is 57.4 Å². The summed E-state index contributed by atoms with van der Waals surface area (Å²) in [5.74, 6) is 0.389. The molecule has 0 heterocycles. The first-order valence-electron chi connectivity index (χ1n) is 13.1. The van der Waals surface area contributed by atoms with Crippen molar-refractivity contribution in [3.05, 3.63) is 89.5 Å². The summed E-state index contributed by atoms with van der Waals surface area (Å²) in [5, 5.41) is 5.39. The maximum atomic E-state index is 13.4. The summed E-state index contributed by atoms with van der Waals surface area (Å²) in [7, 11) is -3.86. The number of unbranched alkanes of at least 4 members (excludes halogenated alkanes) is 2. The van der Waals surface area contributed by atoms with Crippen LogP contribution in [0.2, 0.25) is 0 Å². The molecule has 0 bridgehead atoms. The van der Waals surface area contributed by atoms with E-state index in [1.54, 1.807) is 18.2 Å². The molecule has 1 amide bonds. The smallest absolute Gasteiger partial charge is 0.238 e. The van der Waals surface area contributed by atoms with E-state index in [9.17, 15) is 13.2 Å². The minimum absolute atomic E-state index is 0.0167. The summed E-state index contributed by atoms with van der Waals surface area (Å²) in [6.07, 6.45) is 3.89. The van der Waals surface area contributed by atoms with Gasteiger partial charge in [-0.1, -0.05) is 99.6 Å². The van der Waals surface area contributed by atoms with Gasteiger partial charge >= 0.3 is 0 Å². The van der Waals surface area contributed by atoms with Gasteiger partial charge in [0, 0.05) is 24.2 Å². The maximum absolute atomic E-state index is 13.4. The molecule has 3 aromatic rings. The predicted octanol–water partition coefficient (Wildman–Crippen LogP) is 5.21. The molecule has 3 aromatic carbocycles. The summed E-state index contributed by atoms with van der Waals surface area (Å²) in [6.45, 7) is 5.18. The SMILES string of the molecule is CCCCCN(Cc1cccc(C(N)=NC(=S)CC)c1)C(=O)Cc1ccc(-c2ccccc2S(N)(=O)=O)cc1. The number of aliphatic imine (C=N–C) groups is 1. The molecule has 0 saturated carbocycles. The van der Waals surface area contributed by atoms with E-state index >= 15 is 0 Å². The quantitative estimate of drug-likeness (QED) is 0.136. The number of benzene rings is 3. The van der Waals surface area contributed by atoms with E-state index in [2.05, 4.69) is 11.9 Å². The van der Waals surface area contributed by atoms with Crippen LogP contribution >= 0.6 is 12.2 Å². The lowest BCUT2D eigenvalue weighted by molar-refractivity contribution is -0.131. The Morgan fingerprint density at radius 2 is 1.67 bits per heavy atom. The molecule has 0 radical (unpaired) electrons. The second kappa shape index (κ2) is 14.1. The number of hydrogen-bond donors (Lipinski definition) is 2. The molecule has 0 aliphatic rings. The number of thiocarbonyl (C=S) groups is 1. The summed E-state index contributed by atoms with van der Waals surface area (Å²) in [4.78, 5) is 20.2. The van der Waals surface area contributed by atoms with Crippen molar-refractivity contribution >= 4 is 39.0 Å². The zero-order valence-corrected chi connectivity index (χ0v) is 24.1. The third-order valence-electron chi connectivity index (χ3n) is 6.34. The number of sulfonamides is 1. The van der Waals surface area contributed by atoms with Gasteiger partial charge in [-0.3, -0.25) is 4.79 Å². The van der Waals surface area contributed by atoms with Gasteiger partial charge in [0.15, 0.2) is 0 Å². The number of carbonyl (C=O) groups is 1. The molecule has 3 rings (SSSR count). The summed E-state index contributed by atoms with van der Waals surface area (Å²) in [5.41, 5.74) is 9.99. The van der Waals surface area contributed by atoms with Crippen molar-refractivity contribution in [1.82, 2.24) is 4.90 Å². The number of primary sulfonamides is 1. The van der Waals surface area contributed by atoms with Gasteiger partial charge in [-0.25, -0.2) is 18.5 Å². The standard InChI is InChI=1S/C30H36N4O3S2/c1-3-5-8-18-34(21-23-10-9-11-25(19-23)30(31)33-28(38)4-2)29(35)20-22-14-16-24(17-15-22)26-12-6-7-13-27(26)39(32,36)37/h6-7,9-17,19H,3-5,8,18,20-21H2,1-2H3,(H2,31,33,38)(H2,32,36,37). The van der Waals surface area contributed by atoms with Gasteiger partial charge in [0.1, 0.15) is 10.8 Å². The Labute approximate surface area is 237 Å². The molecule has 0 aromatic heterocycles. The average molecular weight is 565 g/mol.